The number of nitrogens with one attached hydrogen (secondary N) is 1. The van der Waals surface area contributed by atoms with Crippen LogP contribution in [0.2, 0.25) is 5.02 Å². The van der Waals surface area contributed by atoms with Crippen molar-refractivity contribution >= 4 is 38.9 Å². The zero-order valence-electron chi connectivity index (χ0n) is 19.9. The lowest BCUT2D eigenvalue weighted by Crippen LogP contribution is -2.41. The largest absolute Gasteiger partial charge is 0.372 e. The minimum Gasteiger partial charge on any atom is -0.372 e. The highest BCUT2D eigenvalue weighted by Gasteiger charge is 2.28. The van der Waals surface area contributed by atoms with Gasteiger partial charge in [-0.25, -0.2) is 8.42 Å². The third-order valence-corrected chi connectivity index (χ3v) is 8.26. The summed E-state index contributed by atoms with van der Waals surface area (Å²) in [5.74, 6) is -0.406. The number of nitrogens with zero attached hydrogens (tertiary/aromatic N) is 2. The molecule has 1 fully saturated rings. The predicted octanol–water partition coefficient (Wildman–Crippen LogP) is 5.32. The number of carbonyl (C=O) groups is 1. The van der Waals surface area contributed by atoms with Crippen molar-refractivity contribution < 1.29 is 13.2 Å². The molecule has 1 saturated heterocycles. The minimum absolute atomic E-state index is 0.112. The van der Waals surface area contributed by atoms with Crippen molar-refractivity contribution in [2.45, 2.75) is 37.6 Å². The molecule has 1 aliphatic heterocycles. The summed E-state index contributed by atoms with van der Waals surface area (Å²) in [6.07, 6.45) is 2.42. The molecule has 184 valence electrons. The van der Waals surface area contributed by atoms with Crippen molar-refractivity contribution in [3.05, 3.63) is 88.9 Å². The van der Waals surface area contributed by atoms with Gasteiger partial charge in [0, 0.05) is 23.8 Å². The van der Waals surface area contributed by atoms with E-state index in [-0.39, 0.29) is 17.5 Å². The van der Waals surface area contributed by atoms with E-state index in [1.165, 1.54) is 18.5 Å². The van der Waals surface area contributed by atoms with Crippen molar-refractivity contribution in [3.8, 4) is 0 Å². The first-order valence-electron chi connectivity index (χ1n) is 11.7. The van der Waals surface area contributed by atoms with E-state index in [0.717, 1.165) is 28.5 Å². The summed E-state index contributed by atoms with van der Waals surface area (Å²) in [4.78, 5) is 15.5. The maximum absolute atomic E-state index is 13.5. The molecule has 3 aromatic rings. The molecule has 1 N–H and O–H groups in total. The van der Waals surface area contributed by atoms with Gasteiger partial charge in [-0.1, -0.05) is 47.5 Å². The third-order valence-electron chi connectivity index (χ3n) is 6.23. The summed E-state index contributed by atoms with van der Waals surface area (Å²) in [6, 6.07) is 20.9. The van der Waals surface area contributed by atoms with E-state index in [9.17, 15) is 13.2 Å². The zero-order chi connectivity index (χ0) is 25.0. The minimum atomic E-state index is -3.99. The van der Waals surface area contributed by atoms with Gasteiger partial charge in [-0.3, -0.25) is 9.10 Å². The number of halogens is 1. The first kappa shape index (κ1) is 25.1. The molecule has 0 saturated carbocycles. The Balaban J connectivity index is 1.52. The summed E-state index contributed by atoms with van der Waals surface area (Å²) >= 11 is 6.14. The maximum atomic E-state index is 13.5. The summed E-state index contributed by atoms with van der Waals surface area (Å²) in [6.45, 7) is 5.55. The second-order valence-electron chi connectivity index (χ2n) is 8.88. The van der Waals surface area contributed by atoms with Gasteiger partial charge in [-0.15, -0.1) is 0 Å². The molecule has 0 aromatic heterocycles. The average molecular weight is 512 g/mol. The first-order chi connectivity index (χ1) is 16.7. The molecule has 35 heavy (non-hydrogen) atoms. The van der Waals surface area contributed by atoms with Gasteiger partial charge in [-0.05, 0) is 74.7 Å². The highest BCUT2D eigenvalue weighted by molar-refractivity contribution is 7.92. The Hall–Kier alpha value is -3.03. The summed E-state index contributed by atoms with van der Waals surface area (Å²) in [5.41, 5.74) is 3.41. The Morgan fingerprint density at radius 3 is 2.31 bits per heavy atom. The lowest BCUT2D eigenvalue weighted by atomic mass is 10.1. The van der Waals surface area contributed by atoms with Crippen LogP contribution in [0.3, 0.4) is 0 Å². The topological polar surface area (TPSA) is 69.7 Å². The third kappa shape index (κ3) is 5.97. The summed E-state index contributed by atoms with van der Waals surface area (Å²) in [5, 5.41) is 3.33. The normalized spacial score (nSPS) is 14.5. The van der Waals surface area contributed by atoms with Crippen LogP contribution in [0.5, 0.6) is 0 Å². The number of aryl methyl sites for hydroxylation is 1. The van der Waals surface area contributed by atoms with Crippen LogP contribution >= 0.6 is 11.6 Å². The molecule has 0 aliphatic carbocycles. The predicted molar refractivity (Wildman–Crippen MR) is 142 cm³/mol. The fourth-order valence-electron chi connectivity index (χ4n) is 4.23. The number of amides is 1. The number of rotatable bonds is 8. The van der Waals surface area contributed by atoms with E-state index in [1.54, 1.807) is 48.5 Å². The van der Waals surface area contributed by atoms with Gasteiger partial charge in [0.05, 0.1) is 16.6 Å². The van der Waals surface area contributed by atoms with Crippen LogP contribution in [0.15, 0.2) is 77.7 Å². The van der Waals surface area contributed by atoms with Gasteiger partial charge in [0.1, 0.15) is 6.54 Å². The van der Waals surface area contributed by atoms with Gasteiger partial charge in [0.15, 0.2) is 0 Å². The Labute approximate surface area is 212 Å². The number of carbonyl (C=O) groups excluding carboxylic acids is 1. The molecule has 0 radical (unpaired) electrons. The summed E-state index contributed by atoms with van der Waals surface area (Å²) in [7, 11) is -3.99. The summed E-state index contributed by atoms with van der Waals surface area (Å²) < 4.78 is 28.1. The lowest BCUT2D eigenvalue weighted by molar-refractivity contribution is -0.120. The number of sulfonamides is 1. The highest BCUT2D eigenvalue weighted by atomic mass is 35.5. The number of hydrogen-bond donors (Lipinski definition) is 1. The van der Waals surface area contributed by atoms with Gasteiger partial charge < -0.3 is 10.2 Å². The monoisotopic (exact) mass is 511 g/mol. The van der Waals surface area contributed by atoms with Gasteiger partial charge in [0.2, 0.25) is 5.91 Å². The molecule has 1 unspecified atom stereocenters. The molecule has 6 nitrogen and oxygen atoms in total. The number of benzene rings is 3. The lowest BCUT2D eigenvalue weighted by Gasteiger charge is -2.25. The van der Waals surface area contributed by atoms with Crippen LogP contribution in [0.25, 0.3) is 0 Å². The number of anilines is 2. The quantitative estimate of drug-likeness (QED) is 0.444. The van der Waals surface area contributed by atoms with Crippen LogP contribution in [0, 0.1) is 6.92 Å². The fraction of sp³-hybridized carbons (Fsp3) is 0.296. The molecule has 3 aromatic carbocycles. The molecule has 1 aliphatic rings. The second-order valence-corrected chi connectivity index (χ2v) is 11.2. The van der Waals surface area contributed by atoms with E-state index in [1.807, 2.05) is 26.0 Å². The van der Waals surface area contributed by atoms with Crippen LogP contribution < -0.4 is 14.5 Å². The molecule has 1 amide bonds. The highest BCUT2D eigenvalue weighted by Crippen LogP contribution is 2.27. The van der Waals surface area contributed by atoms with Crippen molar-refractivity contribution in [3.63, 3.8) is 0 Å². The van der Waals surface area contributed by atoms with Gasteiger partial charge in [-0.2, -0.15) is 0 Å². The van der Waals surface area contributed by atoms with Crippen molar-refractivity contribution in [1.82, 2.24) is 5.32 Å². The molecule has 8 heteroatoms. The molecular weight excluding hydrogens is 482 g/mol. The fourth-order valence-corrected chi connectivity index (χ4v) is 5.83. The van der Waals surface area contributed by atoms with Crippen LogP contribution in [0.1, 0.15) is 36.9 Å². The van der Waals surface area contributed by atoms with E-state index < -0.39 is 15.9 Å². The molecule has 0 bridgehead atoms. The maximum Gasteiger partial charge on any atom is 0.264 e. The molecule has 1 heterocycles. The Morgan fingerprint density at radius 2 is 1.69 bits per heavy atom. The Kier molecular flexibility index (Phi) is 7.67. The van der Waals surface area contributed by atoms with Crippen LogP contribution in [0.4, 0.5) is 11.4 Å². The molecular formula is C27H30ClN3O3S. The van der Waals surface area contributed by atoms with Crippen molar-refractivity contribution in [2.75, 3.05) is 28.8 Å². The molecule has 1 atom stereocenters. The van der Waals surface area contributed by atoms with E-state index in [0.29, 0.717) is 10.7 Å². The SMILES string of the molecule is Cc1ccc(S(=O)(=O)N(CC(=O)NC(C)c2ccc(N3CCCC3)cc2)c2cccc(Cl)c2)cc1. The second kappa shape index (κ2) is 10.7. The van der Waals surface area contributed by atoms with E-state index >= 15 is 0 Å². The Bertz CT molecular complexity index is 1270. The Morgan fingerprint density at radius 1 is 1.03 bits per heavy atom. The van der Waals surface area contributed by atoms with E-state index in [2.05, 4.69) is 22.3 Å². The van der Waals surface area contributed by atoms with Crippen LogP contribution in [-0.4, -0.2) is 34.0 Å². The first-order valence-corrected chi connectivity index (χ1v) is 13.5. The molecule has 4 rings (SSSR count). The van der Waals surface area contributed by atoms with Crippen molar-refractivity contribution in [2.24, 2.45) is 0 Å². The zero-order valence-corrected chi connectivity index (χ0v) is 21.5. The number of hydrogen-bond acceptors (Lipinski definition) is 4. The van der Waals surface area contributed by atoms with E-state index in [4.69, 9.17) is 11.6 Å². The van der Waals surface area contributed by atoms with Gasteiger partial charge >= 0.3 is 0 Å². The van der Waals surface area contributed by atoms with Crippen molar-refractivity contribution in [1.29, 1.82) is 0 Å². The standard InChI is InChI=1S/C27H30ClN3O3S/c1-20-8-14-26(15-9-20)35(33,34)31(25-7-5-6-23(28)18-25)19-27(32)29-21(2)22-10-12-24(13-11-22)30-16-3-4-17-30/h5-15,18,21H,3-4,16-17,19H2,1-2H3,(H,29,32). The molecule has 0 spiro atoms. The average Bonchev–Trinajstić information content (AvgIpc) is 3.38. The smallest absolute Gasteiger partial charge is 0.264 e. The van der Waals surface area contributed by atoms with Crippen LogP contribution in [-0.2, 0) is 14.8 Å². The van der Waals surface area contributed by atoms with Gasteiger partial charge in [0.25, 0.3) is 10.0 Å².